The fraction of sp³-hybridized carbons (Fsp3) is 0.200. The van der Waals surface area contributed by atoms with Crippen LogP contribution in [0.5, 0.6) is 17.2 Å². The van der Waals surface area contributed by atoms with Crippen molar-refractivity contribution in [2.45, 2.75) is 13.0 Å². The van der Waals surface area contributed by atoms with Crippen LogP contribution < -0.4 is 19.1 Å². The molecule has 0 spiro atoms. The van der Waals surface area contributed by atoms with Crippen molar-refractivity contribution >= 4 is 39.9 Å². The van der Waals surface area contributed by atoms with Gasteiger partial charge < -0.3 is 24.1 Å². The van der Waals surface area contributed by atoms with E-state index in [1.807, 2.05) is 0 Å². The van der Waals surface area contributed by atoms with Gasteiger partial charge in [-0.3, -0.25) is 14.5 Å². The van der Waals surface area contributed by atoms with Crippen molar-refractivity contribution in [3.8, 4) is 17.2 Å². The lowest BCUT2D eigenvalue weighted by molar-refractivity contribution is -0.132. The Kier molecular flexibility index (Phi) is 7.88. The summed E-state index contributed by atoms with van der Waals surface area (Å²) in [5.74, 6) is -1.47. The first-order chi connectivity index (χ1) is 19.8. The van der Waals surface area contributed by atoms with Crippen molar-refractivity contribution < 1.29 is 38.4 Å². The Bertz CT molecular complexity index is 1590. The molecule has 210 valence electrons. The molecule has 3 heterocycles. The third kappa shape index (κ3) is 5.31. The molecule has 1 atom stereocenters. The largest absolute Gasteiger partial charge is 0.507 e. The lowest BCUT2D eigenvalue weighted by Gasteiger charge is -2.23. The van der Waals surface area contributed by atoms with Crippen molar-refractivity contribution in [3.63, 3.8) is 0 Å². The van der Waals surface area contributed by atoms with Crippen LogP contribution >= 0.6 is 11.3 Å². The number of aromatic nitrogens is 1. The molecular formula is C30H26N2O8S. The number of amides is 1. The SMILES string of the molecule is C=CCOC(=O)c1sc(N2C(=O)C(=O)/C(=C(/O)c3ccc4c(c3)OCCO4)[C@@H]2c2cccc(OCC=C)c2)nc1C. The number of fused-ring (bicyclic) bond motifs is 1. The number of ketones is 1. The summed E-state index contributed by atoms with van der Waals surface area (Å²) >= 11 is 0.913. The van der Waals surface area contributed by atoms with Gasteiger partial charge in [-0.25, -0.2) is 9.78 Å². The Morgan fingerprint density at radius 2 is 1.88 bits per heavy atom. The fourth-order valence-corrected chi connectivity index (χ4v) is 5.48. The Labute approximate surface area is 239 Å². The number of nitrogens with zero attached hydrogens (tertiary/aromatic N) is 2. The number of Topliss-reactive ketones (excluding diaryl/α,β-unsaturated/α-hetero) is 1. The van der Waals surface area contributed by atoms with E-state index in [0.29, 0.717) is 41.7 Å². The van der Waals surface area contributed by atoms with Gasteiger partial charge in [0.25, 0.3) is 5.78 Å². The Morgan fingerprint density at radius 1 is 1.12 bits per heavy atom. The summed E-state index contributed by atoms with van der Waals surface area (Å²) < 4.78 is 22.1. The predicted octanol–water partition coefficient (Wildman–Crippen LogP) is 4.76. The number of rotatable bonds is 9. The zero-order valence-electron chi connectivity index (χ0n) is 22.1. The molecule has 1 N–H and O–H groups in total. The first-order valence-corrected chi connectivity index (χ1v) is 13.5. The number of aliphatic hydroxyl groups excluding tert-OH is 1. The monoisotopic (exact) mass is 574 g/mol. The number of ether oxygens (including phenoxy) is 4. The van der Waals surface area contributed by atoms with E-state index >= 15 is 0 Å². The summed E-state index contributed by atoms with van der Waals surface area (Å²) in [6, 6.07) is 10.5. The molecule has 0 unspecified atom stereocenters. The topological polar surface area (TPSA) is 124 Å². The summed E-state index contributed by atoms with van der Waals surface area (Å²) in [5.41, 5.74) is 0.916. The highest BCUT2D eigenvalue weighted by molar-refractivity contribution is 7.17. The number of benzene rings is 2. The van der Waals surface area contributed by atoms with E-state index in [1.54, 1.807) is 55.5 Å². The van der Waals surface area contributed by atoms with Crippen LogP contribution in [-0.2, 0) is 14.3 Å². The van der Waals surface area contributed by atoms with E-state index in [1.165, 1.54) is 11.0 Å². The average Bonchev–Trinajstić information content (AvgIpc) is 3.50. The zero-order chi connectivity index (χ0) is 29.1. The van der Waals surface area contributed by atoms with E-state index in [4.69, 9.17) is 18.9 Å². The molecule has 2 aliphatic heterocycles. The highest BCUT2D eigenvalue weighted by atomic mass is 32.1. The molecule has 10 nitrogen and oxygen atoms in total. The van der Waals surface area contributed by atoms with Crippen molar-refractivity contribution in [3.05, 3.63) is 95.0 Å². The lowest BCUT2D eigenvalue weighted by atomic mass is 9.95. The quantitative estimate of drug-likeness (QED) is 0.127. The fourth-order valence-electron chi connectivity index (χ4n) is 4.50. The first kappa shape index (κ1) is 27.7. The smallest absolute Gasteiger partial charge is 0.350 e. The highest BCUT2D eigenvalue weighted by Crippen LogP contribution is 2.45. The van der Waals surface area contributed by atoms with Gasteiger partial charge in [0.1, 0.15) is 42.8 Å². The van der Waals surface area contributed by atoms with Crippen LogP contribution in [0.1, 0.15) is 32.5 Å². The van der Waals surface area contributed by atoms with Crippen LogP contribution in [0, 0.1) is 6.92 Å². The van der Waals surface area contributed by atoms with Crippen molar-refractivity contribution in [2.75, 3.05) is 31.3 Å². The molecule has 11 heteroatoms. The number of hydrogen-bond donors (Lipinski definition) is 1. The molecule has 1 fully saturated rings. The molecule has 41 heavy (non-hydrogen) atoms. The van der Waals surface area contributed by atoms with E-state index in [2.05, 4.69) is 18.1 Å². The molecule has 0 saturated carbocycles. The van der Waals surface area contributed by atoms with Crippen LogP contribution in [0.4, 0.5) is 5.13 Å². The number of anilines is 1. The summed E-state index contributed by atoms with van der Waals surface area (Å²) in [7, 11) is 0. The van der Waals surface area contributed by atoms with Gasteiger partial charge in [0.2, 0.25) is 0 Å². The molecule has 1 amide bonds. The molecule has 1 saturated heterocycles. The molecule has 0 aliphatic carbocycles. The number of carbonyl (C=O) groups is 3. The van der Waals surface area contributed by atoms with Crippen molar-refractivity contribution in [1.82, 2.24) is 4.98 Å². The molecule has 2 aliphatic rings. The first-order valence-electron chi connectivity index (χ1n) is 12.6. The third-order valence-electron chi connectivity index (χ3n) is 6.31. The van der Waals surface area contributed by atoms with Gasteiger partial charge in [-0.2, -0.15) is 0 Å². The van der Waals surface area contributed by atoms with Gasteiger partial charge in [0, 0.05) is 5.56 Å². The summed E-state index contributed by atoms with van der Waals surface area (Å²) in [5, 5.41) is 11.6. The number of esters is 1. The van der Waals surface area contributed by atoms with Crippen molar-refractivity contribution in [2.24, 2.45) is 0 Å². The Balaban J connectivity index is 1.65. The van der Waals surface area contributed by atoms with E-state index in [0.717, 1.165) is 11.3 Å². The third-order valence-corrected chi connectivity index (χ3v) is 7.45. The maximum Gasteiger partial charge on any atom is 0.350 e. The lowest BCUT2D eigenvalue weighted by Crippen LogP contribution is -2.29. The minimum absolute atomic E-state index is 0.00303. The molecule has 0 radical (unpaired) electrons. The second-order valence-electron chi connectivity index (χ2n) is 9.00. The number of carbonyl (C=O) groups excluding carboxylic acids is 3. The number of hydrogen-bond acceptors (Lipinski definition) is 10. The highest BCUT2D eigenvalue weighted by Gasteiger charge is 2.48. The van der Waals surface area contributed by atoms with Gasteiger partial charge in [0.05, 0.1) is 17.3 Å². The summed E-state index contributed by atoms with van der Waals surface area (Å²) in [6.07, 6.45) is 3.03. The molecule has 0 bridgehead atoms. The minimum atomic E-state index is -1.09. The summed E-state index contributed by atoms with van der Waals surface area (Å²) in [6.45, 7) is 9.77. The van der Waals surface area contributed by atoms with Gasteiger partial charge in [-0.1, -0.05) is 48.8 Å². The molecular weight excluding hydrogens is 548 g/mol. The molecule has 5 rings (SSSR count). The maximum atomic E-state index is 13.6. The standard InChI is InChI=1S/C30H26N2O8S/c1-4-11-37-20-8-6-7-18(15-20)24-23(25(33)19-9-10-21-22(16-19)39-14-13-38-21)26(34)28(35)32(24)30-31-17(3)27(41-30)29(36)40-12-5-2/h4-10,15-16,24,33H,1-2,11-14H2,3H3/b25-23+/t24-/m0/s1. The van der Waals surface area contributed by atoms with Crippen LogP contribution in [0.15, 0.2) is 73.3 Å². The van der Waals surface area contributed by atoms with Gasteiger partial charge in [-0.05, 0) is 42.8 Å². The minimum Gasteiger partial charge on any atom is -0.507 e. The van der Waals surface area contributed by atoms with Crippen LogP contribution in [0.2, 0.25) is 0 Å². The van der Waals surface area contributed by atoms with E-state index < -0.39 is 29.5 Å². The normalized spacial score (nSPS) is 17.3. The van der Waals surface area contributed by atoms with E-state index in [-0.39, 0.29) is 34.4 Å². The average molecular weight is 575 g/mol. The summed E-state index contributed by atoms with van der Waals surface area (Å²) in [4.78, 5) is 45.5. The molecule has 1 aromatic heterocycles. The van der Waals surface area contributed by atoms with Crippen LogP contribution in [0.3, 0.4) is 0 Å². The number of aryl methyl sites for hydroxylation is 1. The van der Waals surface area contributed by atoms with Gasteiger partial charge in [0.15, 0.2) is 16.6 Å². The molecule has 2 aromatic carbocycles. The zero-order valence-corrected chi connectivity index (χ0v) is 22.9. The van der Waals surface area contributed by atoms with Gasteiger partial charge >= 0.3 is 11.9 Å². The maximum absolute atomic E-state index is 13.6. The number of thiazole rings is 1. The molecule has 3 aromatic rings. The number of aliphatic hydroxyl groups is 1. The second-order valence-corrected chi connectivity index (χ2v) is 9.98. The van der Waals surface area contributed by atoms with E-state index in [9.17, 15) is 19.5 Å². The Morgan fingerprint density at radius 3 is 2.63 bits per heavy atom. The predicted molar refractivity (Wildman–Crippen MR) is 152 cm³/mol. The van der Waals surface area contributed by atoms with Crippen molar-refractivity contribution in [1.29, 1.82) is 0 Å². The van der Waals surface area contributed by atoms with Crippen LogP contribution in [-0.4, -0.2) is 54.2 Å². The van der Waals surface area contributed by atoms with Crippen LogP contribution in [0.25, 0.3) is 5.76 Å². The Hall–Kier alpha value is -4.90. The van der Waals surface area contributed by atoms with Gasteiger partial charge in [-0.15, -0.1) is 0 Å². The second kappa shape index (κ2) is 11.7.